The van der Waals surface area contributed by atoms with Gasteiger partial charge in [0.05, 0.1) is 0 Å². The van der Waals surface area contributed by atoms with Crippen molar-refractivity contribution in [3.05, 3.63) is 24.3 Å². The van der Waals surface area contributed by atoms with Crippen molar-refractivity contribution in [2.45, 2.75) is 19.8 Å². The molecule has 2 rings (SSSR count). The van der Waals surface area contributed by atoms with Crippen LogP contribution in [0.15, 0.2) is 24.3 Å². The van der Waals surface area contributed by atoms with Crippen molar-refractivity contribution >= 4 is 0 Å². The van der Waals surface area contributed by atoms with E-state index in [1.807, 2.05) is 0 Å². The van der Waals surface area contributed by atoms with Gasteiger partial charge in [0.2, 0.25) is 0 Å². The van der Waals surface area contributed by atoms with E-state index in [9.17, 15) is 0 Å². The molecule has 0 aromatic carbocycles. The fourth-order valence-electron chi connectivity index (χ4n) is 2.52. The maximum Gasteiger partial charge on any atom is 0.0163 e. The molecule has 0 N–H and O–H groups in total. The molecule has 2 unspecified atom stereocenters. The molecule has 1 aliphatic heterocycles. The highest BCUT2D eigenvalue weighted by molar-refractivity contribution is 5.00. The standard InChI is InChI=1S/C12H19N/c1-2-3-8-13-9-11-6-4-5-7-12(11)10-13/h2-5,11-12H,6-10H2,1H3/b3-2+. The van der Waals surface area contributed by atoms with Gasteiger partial charge in [-0.25, -0.2) is 0 Å². The van der Waals surface area contributed by atoms with E-state index in [4.69, 9.17) is 0 Å². The highest BCUT2D eigenvalue weighted by Crippen LogP contribution is 2.32. The van der Waals surface area contributed by atoms with Gasteiger partial charge in [-0.2, -0.15) is 0 Å². The van der Waals surface area contributed by atoms with Gasteiger partial charge < -0.3 is 0 Å². The number of nitrogens with zero attached hydrogens (tertiary/aromatic N) is 1. The normalized spacial score (nSPS) is 34.2. The molecular formula is C12H19N. The number of allylic oxidation sites excluding steroid dienone is 3. The summed E-state index contributed by atoms with van der Waals surface area (Å²) in [6.45, 7) is 5.90. The van der Waals surface area contributed by atoms with Crippen molar-refractivity contribution in [3.63, 3.8) is 0 Å². The van der Waals surface area contributed by atoms with Gasteiger partial charge in [0.25, 0.3) is 0 Å². The van der Waals surface area contributed by atoms with Gasteiger partial charge in [-0.05, 0) is 31.6 Å². The summed E-state index contributed by atoms with van der Waals surface area (Å²) < 4.78 is 0. The molecule has 2 aliphatic rings. The Bertz CT molecular complexity index is 201. The molecule has 0 radical (unpaired) electrons. The van der Waals surface area contributed by atoms with E-state index in [0.717, 1.165) is 18.4 Å². The summed E-state index contributed by atoms with van der Waals surface area (Å²) >= 11 is 0. The molecule has 0 amide bonds. The van der Waals surface area contributed by atoms with Gasteiger partial charge in [0, 0.05) is 19.6 Å². The van der Waals surface area contributed by atoms with Crippen LogP contribution in [0.1, 0.15) is 19.8 Å². The van der Waals surface area contributed by atoms with Crippen LogP contribution in [0, 0.1) is 11.8 Å². The van der Waals surface area contributed by atoms with Crippen molar-refractivity contribution in [3.8, 4) is 0 Å². The van der Waals surface area contributed by atoms with Crippen LogP contribution in [0.3, 0.4) is 0 Å². The fraction of sp³-hybridized carbons (Fsp3) is 0.667. The van der Waals surface area contributed by atoms with Crippen LogP contribution in [-0.4, -0.2) is 24.5 Å². The van der Waals surface area contributed by atoms with Gasteiger partial charge in [-0.15, -0.1) is 0 Å². The van der Waals surface area contributed by atoms with Crippen molar-refractivity contribution in [1.29, 1.82) is 0 Å². The van der Waals surface area contributed by atoms with Crippen molar-refractivity contribution in [1.82, 2.24) is 4.90 Å². The summed E-state index contributed by atoms with van der Waals surface area (Å²) in [5.41, 5.74) is 0. The summed E-state index contributed by atoms with van der Waals surface area (Å²) in [7, 11) is 0. The summed E-state index contributed by atoms with van der Waals surface area (Å²) in [6.07, 6.45) is 11.8. The van der Waals surface area contributed by atoms with Crippen LogP contribution >= 0.6 is 0 Å². The van der Waals surface area contributed by atoms with Crippen molar-refractivity contribution in [2.24, 2.45) is 11.8 Å². The van der Waals surface area contributed by atoms with Gasteiger partial charge >= 0.3 is 0 Å². The Morgan fingerprint density at radius 1 is 1.23 bits per heavy atom. The number of likely N-dealkylation sites (tertiary alicyclic amines) is 1. The lowest BCUT2D eigenvalue weighted by molar-refractivity contribution is 0.357. The second kappa shape index (κ2) is 4.10. The SMILES string of the molecule is C/C=C/CN1CC2CC=CCC2C1. The van der Waals surface area contributed by atoms with E-state index in [0.29, 0.717) is 0 Å². The Morgan fingerprint density at radius 2 is 1.85 bits per heavy atom. The van der Waals surface area contributed by atoms with Crippen LogP contribution in [0.5, 0.6) is 0 Å². The third kappa shape index (κ3) is 2.02. The van der Waals surface area contributed by atoms with E-state index in [1.54, 1.807) is 0 Å². The summed E-state index contributed by atoms with van der Waals surface area (Å²) in [6, 6.07) is 0. The molecule has 1 heteroatoms. The van der Waals surface area contributed by atoms with E-state index < -0.39 is 0 Å². The predicted molar refractivity (Wildman–Crippen MR) is 56.6 cm³/mol. The first-order valence-corrected chi connectivity index (χ1v) is 5.38. The molecule has 1 saturated heterocycles. The highest BCUT2D eigenvalue weighted by atomic mass is 15.1. The first-order valence-electron chi connectivity index (χ1n) is 5.38. The molecule has 0 bridgehead atoms. The van der Waals surface area contributed by atoms with Crippen LogP contribution in [0.2, 0.25) is 0 Å². The summed E-state index contributed by atoms with van der Waals surface area (Å²) in [4.78, 5) is 2.59. The molecule has 0 aromatic heterocycles. The third-order valence-corrected chi connectivity index (χ3v) is 3.30. The minimum Gasteiger partial charge on any atom is -0.299 e. The maximum absolute atomic E-state index is 2.59. The molecule has 1 aliphatic carbocycles. The second-order valence-electron chi connectivity index (χ2n) is 4.25. The Balaban J connectivity index is 1.87. The molecule has 0 aromatic rings. The largest absolute Gasteiger partial charge is 0.299 e. The average molecular weight is 177 g/mol. The van der Waals surface area contributed by atoms with E-state index in [2.05, 4.69) is 36.1 Å². The molecule has 13 heavy (non-hydrogen) atoms. The first-order chi connectivity index (χ1) is 6.40. The van der Waals surface area contributed by atoms with E-state index in [-0.39, 0.29) is 0 Å². The lowest BCUT2D eigenvalue weighted by Gasteiger charge is -2.18. The number of hydrogen-bond acceptors (Lipinski definition) is 1. The van der Waals surface area contributed by atoms with Crippen LogP contribution in [0.25, 0.3) is 0 Å². The zero-order chi connectivity index (χ0) is 9.10. The number of fused-ring (bicyclic) bond motifs is 1. The molecular weight excluding hydrogens is 158 g/mol. The van der Waals surface area contributed by atoms with Crippen LogP contribution in [0.4, 0.5) is 0 Å². The van der Waals surface area contributed by atoms with E-state index >= 15 is 0 Å². The summed E-state index contributed by atoms with van der Waals surface area (Å²) in [5.74, 6) is 1.91. The Kier molecular flexibility index (Phi) is 2.84. The first kappa shape index (κ1) is 9.01. The monoisotopic (exact) mass is 177 g/mol. The van der Waals surface area contributed by atoms with Gasteiger partial charge in [-0.1, -0.05) is 24.3 Å². The molecule has 1 nitrogen and oxygen atoms in total. The number of rotatable bonds is 2. The number of hydrogen-bond donors (Lipinski definition) is 0. The fourth-order valence-corrected chi connectivity index (χ4v) is 2.52. The molecule has 2 atom stereocenters. The smallest absolute Gasteiger partial charge is 0.0163 e. The highest BCUT2D eigenvalue weighted by Gasteiger charge is 2.31. The Morgan fingerprint density at radius 3 is 2.38 bits per heavy atom. The molecule has 1 fully saturated rings. The quantitative estimate of drug-likeness (QED) is 0.586. The van der Waals surface area contributed by atoms with Crippen molar-refractivity contribution in [2.75, 3.05) is 19.6 Å². The minimum atomic E-state index is 0.954. The molecule has 1 heterocycles. The maximum atomic E-state index is 2.59. The average Bonchev–Trinajstić information content (AvgIpc) is 2.57. The van der Waals surface area contributed by atoms with Crippen LogP contribution in [-0.2, 0) is 0 Å². The third-order valence-electron chi connectivity index (χ3n) is 3.30. The lowest BCUT2D eigenvalue weighted by atomic mass is 9.86. The Hall–Kier alpha value is -0.560. The molecule has 72 valence electrons. The van der Waals surface area contributed by atoms with Gasteiger partial charge in [0.1, 0.15) is 0 Å². The Labute approximate surface area is 81.1 Å². The molecule has 0 saturated carbocycles. The van der Waals surface area contributed by atoms with Gasteiger partial charge in [0.15, 0.2) is 0 Å². The zero-order valence-corrected chi connectivity index (χ0v) is 8.45. The van der Waals surface area contributed by atoms with E-state index in [1.165, 1.54) is 25.9 Å². The minimum absolute atomic E-state index is 0.954. The topological polar surface area (TPSA) is 3.24 Å². The zero-order valence-electron chi connectivity index (χ0n) is 8.45. The lowest BCUT2D eigenvalue weighted by Crippen LogP contribution is -2.20. The predicted octanol–water partition coefficient (Wildman–Crippen LogP) is 2.46. The summed E-state index contributed by atoms with van der Waals surface area (Å²) in [5, 5.41) is 0. The second-order valence-corrected chi connectivity index (χ2v) is 4.25. The molecule has 0 spiro atoms. The van der Waals surface area contributed by atoms with Crippen molar-refractivity contribution < 1.29 is 0 Å². The van der Waals surface area contributed by atoms with Crippen LogP contribution < -0.4 is 0 Å². The van der Waals surface area contributed by atoms with Gasteiger partial charge in [-0.3, -0.25) is 4.90 Å².